The molecule has 6 heteroatoms. The van der Waals surface area contributed by atoms with Crippen LogP contribution in [0.25, 0.3) is 0 Å². The first kappa shape index (κ1) is 14.3. The van der Waals surface area contributed by atoms with E-state index in [-0.39, 0.29) is 18.0 Å². The maximum absolute atomic E-state index is 11.4. The van der Waals surface area contributed by atoms with E-state index < -0.39 is 5.97 Å². The summed E-state index contributed by atoms with van der Waals surface area (Å²) in [5.41, 5.74) is 0.535. The number of likely N-dealkylation sites (N-methyl/N-ethyl adjacent to an activating group) is 2. The first-order valence-electron chi connectivity index (χ1n) is 5.46. The Kier molecular flexibility index (Phi) is 4.97. The third-order valence-electron chi connectivity index (χ3n) is 2.35. The van der Waals surface area contributed by atoms with Crippen LogP contribution in [0.4, 0.5) is 5.69 Å². The fraction of sp³-hybridized carbons (Fsp3) is 0.333. The van der Waals surface area contributed by atoms with Crippen LogP contribution in [0, 0.1) is 0 Å². The normalized spacial score (nSPS) is 9.94. The standard InChI is InChI=1S/C12H15ClN2O3/c1-3-14-11(16)7-15(2)10-5-4-8(13)6-9(10)12(17)18/h4-6H,3,7H2,1-2H3,(H,14,16)(H,17,18). The van der Waals surface area contributed by atoms with Crippen molar-refractivity contribution in [2.45, 2.75) is 6.92 Å². The highest BCUT2D eigenvalue weighted by molar-refractivity contribution is 6.31. The van der Waals surface area contributed by atoms with E-state index in [2.05, 4.69) is 5.32 Å². The van der Waals surface area contributed by atoms with Crippen LogP contribution in [-0.4, -0.2) is 37.1 Å². The number of amides is 1. The molecular weight excluding hydrogens is 256 g/mol. The summed E-state index contributed by atoms with van der Waals surface area (Å²) in [6, 6.07) is 4.55. The first-order valence-corrected chi connectivity index (χ1v) is 5.84. The number of carbonyl (C=O) groups is 2. The molecule has 1 amide bonds. The molecule has 98 valence electrons. The minimum absolute atomic E-state index is 0.0781. The molecule has 2 N–H and O–H groups in total. The second-order valence-corrected chi connectivity index (χ2v) is 4.21. The quantitative estimate of drug-likeness (QED) is 0.853. The van der Waals surface area contributed by atoms with Crippen molar-refractivity contribution in [3.63, 3.8) is 0 Å². The van der Waals surface area contributed by atoms with E-state index in [4.69, 9.17) is 16.7 Å². The number of nitrogens with zero attached hydrogens (tertiary/aromatic N) is 1. The van der Waals surface area contributed by atoms with Gasteiger partial charge in [-0.3, -0.25) is 4.79 Å². The summed E-state index contributed by atoms with van der Waals surface area (Å²) < 4.78 is 0. The zero-order valence-electron chi connectivity index (χ0n) is 10.2. The molecule has 0 aromatic heterocycles. The SMILES string of the molecule is CCNC(=O)CN(C)c1ccc(Cl)cc1C(=O)O. The average molecular weight is 271 g/mol. The van der Waals surface area contributed by atoms with Gasteiger partial charge in [0.1, 0.15) is 0 Å². The molecule has 18 heavy (non-hydrogen) atoms. The van der Waals surface area contributed by atoms with Crippen LogP contribution >= 0.6 is 11.6 Å². The summed E-state index contributed by atoms with van der Waals surface area (Å²) in [5, 5.41) is 12.1. The molecule has 0 radical (unpaired) electrons. The van der Waals surface area contributed by atoms with Gasteiger partial charge in [-0.2, -0.15) is 0 Å². The van der Waals surface area contributed by atoms with Crippen LogP contribution in [0.3, 0.4) is 0 Å². The van der Waals surface area contributed by atoms with Crippen molar-refractivity contribution in [2.75, 3.05) is 25.0 Å². The van der Waals surface area contributed by atoms with Crippen molar-refractivity contribution < 1.29 is 14.7 Å². The van der Waals surface area contributed by atoms with Gasteiger partial charge in [-0.05, 0) is 25.1 Å². The van der Waals surface area contributed by atoms with E-state index in [1.807, 2.05) is 6.92 Å². The summed E-state index contributed by atoms with van der Waals surface area (Å²) in [4.78, 5) is 24.1. The molecule has 0 spiro atoms. The van der Waals surface area contributed by atoms with Gasteiger partial charge in [0.25, 0.3) is 0 Å². The second-order valence-electron chi connectivity index (χ2n) is 3.78. The summed E-state index contributed by atoms with van der Waals surface area (Å²) in [6.45, 7) is 2.46. The Hall–Kier alpha value is -1.75. The fourth-order valence-corrected chi connectivity index (χ4v) is 1.74. The van der Waals surface area contributed by atoms with Gasteiger partial charge in [0.15, 0.2) is 0 Å². The third kappa shape index (κ3) is 3.63. The van der Waals surface area contributed by atoms with Gasteiger partial charge in [0.05, 0.1) is 17.8 Å². The van der Waals surface area contributed by atoms with Crippen LogP contribution < -0.4 is 10.2 Å². The summed E-state index contributed by atoms with van der Waals surface area (Å²) in [7, 11) is 1.66. The maximum Gasteiger partial charge on any atom is 0.337 e. The Morgan fingerprint density at radius 2 is 2.11 bits per heavy atom. The number of carbonyl (C=O) groups excluding carboxylic acids is 1. The lowest BCUT2D eigenvalue weighted by Crippen LogP contribution is -2.35. The molecule has 0 aliphatic rings. The van der Waals surface area contributed by atoms with Gasteiger partial charge in [-0.1, -0.05) is 11.6 Å². The number of anilines is 1. The molecule has 5 nitrogen and oxygen atoms in total. The highest BCUT2D eigenvalue weighted by Gasteiger charge is 2.15. The van der Waals surface area contributed by atoms with E-state index >= 15 is 0 Å². The van der Waals surface area contributed by atoms with E-state index in [1.165, 1.54) is 6.07 Å². The molecule has 0 heterocycles. The Labute approximate surface area is 110 Å². The highest BCUT2D eigenvalue weighted by atomic mass is 35.5. The minimum atomic E-state index is -1.07. The van der Waals surface area contributed by atoms with Crippen molar-refractivity contribution in [1.29, 1.82) is 0 Å². The number of aromatic carboxylic acids is 1. The van der Waals surface area contributed by atoms with Gasteiger partial charge in [0.2, 0.25) is 5.91 Å². The van der Waals surface area contributed by atoms with Crippen molar-refractivity contribution in [3.8, 4) is 0 Å². The van der Waals surface area contributed by atoms with Gasteiger partial charge < -0.3 is 15.3 Å². The Bertz CT molecular complexity index is 463. The van der Waals surface area contributed by atoms with Gasteiger partial charge >= 0.3 is 5.97 Å². The van der Waals surface area contributed by atoms with Crippen molar-refractivity contribution in [2.24, 2.45) is 0 Å². The second kappa shape index (κ2) is 6.26. The van der Waals surface area contributed by atoms with Gasteiger partial charge in [-0.15, -0.1) is 0 Å². The molecule has 1 rings (SSSR count). The number of nitrogens with one attached hydrogen (secondary N) is 1. The molecule has 0 aliphatic heterocycles. The molecule has 1 aromatic rings. The number of carboxylic acids is 1. The summed E-state index contributed by atoms with van der Waals surface area (Å²) in [5.74, 6) is -1.23. The van der Waals surface area contributed by atoms with E-state index in [1.54, 1.807) is 24.1 Å². The van der Waals surface area contributed by atoms with Crippen molar-refractivity contribution in [1.82, 2.24) is 5.32 Å². The van der Waals surface area contributed by atoms with Crippen molar-refractivity contribution in [3.05, 3.63) is 28.8 Å². The molecule has 1 aromatic carbocycles. The monoisotopic (exact) mass is 270 g/mol. The van der Waals surface area contributed by atoms with E-state index in [9.17, 15) is 9.59 Å². The fourth-order valence-electron chi connectivity index (χ4n) is 1.57. The Balaban J connectivity index is 2.94. The summed E-state index contributed by atoms with van der Waals surface area (Å²) >= 11 is 5.76. The molecule has 0 atom stereocenters. The number of benzene rings is 1. The molecule has 0 aliphatic carbocycles. The lowest BCUT2D eigenvalue weighted by atomic mass is 10.1. The van der Waals surface area contributed by atoms with Crippen LogP contribution in [0.2, 0.25) is 5.02 Å². The smallest absolute Gasteiger partial charge is 0.337 e. The molecule has 0 fully saturated rings. The van der Waals surface area contributed by atoms with Crippen LogP contribution in [0.15, 0.2) is 18.2 Å². The van der Waals surface area contributed by atoms with Crippen LogP contribution in [-0.2, 0) is 4.79 Å². The number of halogens is 1. The average Bonchev–Trinajstić information content (AvgIpc) is 2.28. The predicted octanol–water partition coefficient (Wildman–Crippen LogP) is 1.61. The summed E-state index contributed by atoms with van der Waals surface area (Å²) in [6.07, 6.45) is 0. The largest absolute Gasteiger partial charge is 0.478 e. The van der Waals surface area contributed by atoms with Gasteiger partial charge in [-0.25, -0.2) is 4.79 Å². The molecule has 0 unspecified atom stereocenters. The van der Waals surface area contributed by atoms with Gasteiger partial charge in [0, 0.05) is 18.6 Å². The number of hydrogen-bond acceptors (Lipinski definition) is 3. The molecule has 0 saturated carbocycles. The lowest BCUT2D eigenvalue weighted by Gasteiger charge is -2.20. The van der Waals surface area contributed by atoms with E-state index in [0.29, 0.717) is 17.3 Å². The number of hydrogen-bond donors (Lipinski definition) is 2. The Morgan fingerprint density at radius 3 is 2.67 bits per heavy atom. The number of rotatable bonds is 5. The number of carboxylic acid groups (broad SMARTS) is 1. The van der Waals surface area contributed by atoms with Crippen LogP contribution in [0.5, 0.6) is 0 Å². The zero-order valence-corrected chi connectivity index (χ0v) is 11.0. The first-order chi connectivity index (χ1) is 8.45. The molecule has 0 bridgehead atoms. The van der Waals surface area contributed by atoms with Crippen LogP contribution in [0.1, 0.15) is 17.3 Å². The third-order valence-corrected chi connectivity index (χ3v) is 2.59. The maximum atomic E-state index is 11.4. The molecule has 0 saturated heterocycles. The predicted molar refractivity (Wildman–Crippen MR) is 70.4 cm³/mol. The van der Waals surface area contributed by atoms with E-state index in [0.717, 1.165) is 0 Å². The topological polar surface area (TPSA) is 69.6 Å². The Morgan fingerprint density at radius 1 is 1.44 bits per heavy atom. The zero-order chi connectivity index (χ0) is 13.7. The highest BCUT2D eigenvalue weighted by Crippen LogP contribution is 2.23. The van der Waals surface area contributed by atoms with Crippen molar-refractivity contribution >= 4 is 29.2 Å². The minimum Gasteiger partial charge on any atom is -0.478 e. The molecular formula is C12H15ClN2O3. The lowest BCUT2D eigenvalue weighted by molar-refractivity contribution is -0.119.